The van der Waals surface area contributed by atoms with Gasteiger partial charge >= 0.3 is 6.09 Å². The molecule has 128 valence electrons. The van der Waals surface area contributed by atoms with E-state index < -0.39 is 6.09 Å². The highest BCUT2D eigenvalue weighted by molar-refractivity contribution is 5.83. The molecule has 1 atom stereocenters. The van der Waals surface area contributed by atoms with Crippen LogP contribution in [0.1, 0.15) is 45.4 Å². The Kier molecular flexibility index (Phi) is 3.55. The second kappa shape index (κ2) is 5.36. The molecule has 1 N–H and O–H groups in total. The van der Waals surface area contributed by atoms with E-state index in [-0.39, 0.29) is 5.41 Å². The highest BCUT2D eigenvalue weighted by atomic mass is 16.4. The SMILES string of the molecule is C[C@@H]1CC(=O)N1C1CCN(C2CC3(CCN(C(=O)O)C3)C2)CC1. The van der Waals surface area contributed by atoms with Crippen molar-refractivity contribution < 1.29 is 14.7 Å². The molecule has 0 bridgehead atoms. The minimum Gasteiger partial charge on any atom is -0.465 e. The summed E-state index contributed by atoms with van der Waals surface area (Å²) in [5, 5.41) is 9.12. The van der Waals surface area contributed by atoms with E-state index in [2.05, 4.69) is 16.7 Å². The van der Waals surface area contributed by atoms with Gasteiger partial charge in [-0.1, -0.05) is 0 Å². The van der Waals surface area contributed by atoms with Gasteiger partial charge in [0.05, 0.1) is 0 Å². The number of carbonyl (C=O) groups excluding carboxylic acids is 1. The zero-order valence-corrected chi connectivity index (χ0v) is 13.9. The first-order valence-corrected chi connectivity index (χ1v) is 9.00. The molecule has 0 unspecified atom stereocenters. The Balaban J connectivity index is 1.25. The predicted octanol–water partition coefficient (Wildman–Crippen LogP) is 1.60. The lowest BCUT2D eigenvalue weighted by Gasteiger charge is -2.53. The number of rotatable bonds is 2. The monoisotopic (exact) mass is 321 g/mol. The summed E-state index contributed by atoms with van der Waals surface area (Å²) in [6, 6.07) is 1.52. The zero-order chi connectivity index (χ0) is 16.2. The Morgan fingerprint density at radius 2 is 1.87 bits per heavy atom. The number of carboxylic acid groups (broad SMARTS) is 1. The molecule has 2 amide bonds. The highest BCUT2D eigenvalue weighted by Crippen LogP contribution is 2.50. The molecule has 4 aliphatic rings. The van der Waals surface area contributed by atoms with Gasteiger partial charge in [0.15, 0.2) is 0 Å². The Morgan fingerprint density at radius 1 is 1.17 bits per heavy atom. The van der Waals surface area contributed by atoms with E-state index in [1.165, 1.54) is 0 Å². The van der Waals surface area contributed by atoms with Crippen LogP contribution in [-0.2, 0) is 4.79 Å². The summed E-state index contributed by atoms with van der Waals surface area (Å²) in [7, 11) is 0. The van der Waals surface area contributed by atoms with Crippen molar-refractivity contribution in [1.29, 1.82) is 0 Å². The number of piperidine rings is 1. The zero-order valence-electron chi connectivity index (χ0n) is 13.9. The summed E-state index contributed by atoms with van der Waals surface area (Å²) in [6.07, 6.45) is 5.50. The number of carbonyl (C=O) groups is 2. The van der Waals surface area contributed by atoms with Crippen molar-refractivity contribution in [2.45, 2.75) is 63.6 Å². The van der Waals surface area contributed by atoms with Crippen molar-refractivity contribution >= 4 is 12.0 Å². The van der Waals surface area contributed by atoms with E-state index in [0.717, 1.165) is 58.2 Å². The van der Waals surface area contributed by atoms with Crippen LogP contribution < -0.4 is 0 Å². The quantitative estimate of drug-likeness (QED) is 0.785. The van der Waals surface area contributed by atoms with Gasteiger partial charge in [-0.05, 0) is 44.4 Å². The summed E-state index contributed by atoms with van der Waals surface area (Å²) in [5.74, 6) is 0.332. The first-order chi connectivity index (χ1) is 11.0. The molecule has 0 aromatic carbocycles. The third-order valence-corrected chi connectivity index (χ3v) is 6.69. The third-order valence-electron chi connectivity index (χ3n) is 6.69. The van der Waals surface area contributed by atoms with Crippen molar-refractivity contribution in [3.8, 4) is 0 Å². The molecule has 23 heavy (non-hydrogen) atoms. The number of nitrogens with zero attached hydrogens (tertiary/aromatic N) is 3. The lowest BCUT2D eigenvalue weighted by atomic mass is 9.64. The molecular formula is C17H27N3O3. The van der Waals surface area contributed by atoms with Crippen LogP contribution in [0.3, 0.4) is 0 Å². The van der Waals surface area contributed by atoms with E-state index in [0.29, 0.717) is 30.6 Å². The van der Waals surface area contributed by atoms with E-state index in [1.54, 1.807) is 4.90 Å². The van der Waals surface area contributed by atoms with E-state index >= 15 is 0 Å². The molecule has 0 aromatic rings. The van der Waals surface area contributed by atoms with Gasteiger partial charge in [0.25, 0.3) is 0 Å². The summed E-state index contributed by atoms with van der Waals surface area (Å²) >= 11 is 0. The van der Waals surface area contributed by atoms with Crippen LogP contribution in [0.25, 0.3) is 0 Å². The van der Waals surface area contributed by atoms with E-state index in [1.807, 2.05) is 0 Å². The van der Waals surface area contributed by atoms with Crippen LogP contribution in [0.5, 0.6) is 0 Å². The van der Waals surface area contributed by atoms with Gasteiger partial charge in [0.2, 0.25) is 5.91 Å². The van der Waals surface area contributed by atoms with E-state index in [9.17, 15) is 9.59 Å². The van der Waals surface area contributed by atoms with Crippen LogP contribution >= 0.6 is 0 Å². The molecule has 0 aromatic heterocycles. The van der Waals surface area contributed by atoms with E-state index in [4.69, 9.17) is 5.11 Å². The van der Waals surface area contributed by atoms with Gasteiger partial charge in [-0.15, -0.1) is 0 Å². The number of hydrogen-bond donors (Lipinski definition) is 1. The summed E-state index contributed by atoms with van der Waals surface area (Å²) in [6.45, 7) is 5.76. The number of likely N-dealkylation sites (tertiary alicyclic amines) is 3. The third kappa shape index (κ3) is 2.51. The second-order valence-corrected chi connectivity index (χ2v) is 8.14. The van der Waals surface area contributed by atoms with Crippen LogP contribution in [-0.4, -0.2) is 76.1 Å². The van der Waals surface area contributed by atoms with Crippen molar-refractivity contribution in [1.82, 2.24) is 14.7 Å². The molecule has 0 radical (unpaired) electrons. The molecule has 3 saturated heterocycles. The molecule has 6 heteroatoms. The molecule has 1 saturated carbocycles. The Hall–Kier alpha value is -1.30. The molecule has 3 heterocycles. The fourth-order valence-corrected chi connectivity index (χ4v) is 5.31. The summed E-state index contributed by atoms with van der Waals surface area (Å²) < 4.78 is 0. The number of amides is 2. The van der Waals surface area contributed by atoms with Gasteiger partial charge in [0.1, 0.15) is 0 Å². The van der Waals surface area contributed by atoms with Crippen molar-refractivity contribution in [2.75, 3.05) is 26.2 Å². The molecule has 3 aliphatic heterocycles. The maximum Gasteiger partial charge on any atom is 0.407 e. The Morgan fingerprint density at radius 3 is 2.39 bits per heavy atom. The van der Waals surface area contributed by atoms with Gasteiger partial charge in [-0.2, -0.15) is 0 Å². The molecule has 4 fully saturated rings. The average molecular weight is 321 g/mol. The smallest absolute Gasteiger partial charge is 0.407 e. The topological polar surface area (TPSA) is 64.1 Å². The fraction of sp³-hybridized carbons (Fsp3) is 0.882. The van der Waals surface area contributed by atoms with Crippen LogP contribution in [0.15, 0.2) is 0 Å². The maximum atomic E-state index is 11.7. The van der Waals surface area contributed by atoms with Gasteiger partial charge < -0.3 is 19.8 Å². The van der Waals surface area contributed by atoms with Crippen LogP contribution in [0.2, 0.25) is 0 Å². The maximum absolute atomic E-state index is 11.7. The molecule has 1 spiro atoms. The lowest BCUT2D eigenvalue weighted by molar-refractivity contribution is -0.151. The highest BCUT2D eigenvalue weighted by Gasteiger charge is 2.51. The Labute approximate surface area is 137 Å². The molecular weight excluding hydrogens is 294 g/mol. The Bertz CT molecular complexity index is 509. The van der Waals surface area contributed by atoms with Gasteiger partial charge in [-0.25, -0.2) is 4.79 Å². The average Bonchev–Trinajstić information content (AvgIpc) is 2.92. The van der Waals surface area contributed by atoms with Crippen molar-refractivity contribution in [3.05, 3.63) is 0 Å². The van der Waals surface area contributed by atoms with Crippen LogP contribution in [0, 0.1) is 5.41 Å². The van der Waals surface area contributed by atoms with Gasteiger partial charge in [-0.3, -0.25) is 4.79 Å². The first-order valence-electron chi connectivity index (χ1n) is 9.00. The second-order valence-electron chi connectivity index (χ2n) is 8.14. The molecule has 1 aliphatic carbocycles. The normalized spacial score (nSPS) is 38.7. The first kappa shape index (κ1) is 15.2. The minimum atomic E-state index is -0.764. The fourth-order valence-electron chi connectivity index (χ4n) is 5.31. The van der Waals surface area contributed by atoms with Crippen molar-refractivity contribution in [2.24, 2.45) is 5.41 Å². The lowest BCUT2D eigenvalue weighted by Crippen LogP contribution is -2.60. The largest absolute Gasteiger partial charge is 0.465 e. The standard InChI is InChI=1S/C17H27N3O3/c1-12-8-15(21)20(12)13-2-5-18(6-3-13)14-9-17(10-14)4-7-19(11-17)16(22)23/h12-14H,2-11H2,1H3,(H,22,23)/t12-,14?,17?/m1/s1. The summed E-state index contributed by atoms with van der Waals surface area (Å²) in [5.41, 5.74) is 0.266. The number of β-lactam (4-membered cyclic amide) rings is 1. The van der Waals surface area contributed by atoms with Gasteiger partial charge in [0, 0.05) is 50.7 Å². The molecule has 6 nitrogen and oxygen atoms in total. The number of hydrogen-bond acceptors (Lipinski definition) is 3. The van der Waals surface area contributed by atoms with Crippen LogP contribution in [0.4, 0.5) is 4.79 Å². The summed E-state index contributed by atoms with van der Waals surface area (Å²) in [4.78, 5) is 29.1. The predicted molar refractivity (Wildman–Crippen MR) is 85.2 cm³/mol. The minimum absolute atomic E-state index is 0.266. The molecule has 4 rings (SSSR count). The van der Waals surface area contributed by atoms with Crippen molar-refractivity contribution in [3.63, 3.8) is 0 Å².